The number of hydrogen-bond donors (Lipinski definition) is 2. The second kappa shape index (κ2) is 7.85. The van der Waals surface area contributed by atoms with Crippen LogP contribution in [-0.4, -0.2) is 27.1 Å². The van der Waals surface area contributed by atoms with Crippen molar-refractivity contribution < 1.29 is 19.7 Å². The van der Waals surface area contributed by atoms with E-state index in [4.69, 9.17) is 0 Å². The molecule has 0 unspecified atom stereocenters. The summed E-state index contributed by atoms with van der Waals surface area (Å²) in [4.78, 5) is 33.1. The number of nitrogens with one attached hydrogen (secondary N) is 1. The Bertz CT molecular complexity index is 1160. The van der Waals surface area contributed by atoms with Crippen LogP contribution in [0.2, 0.25) is 0 Å². The fraction of sp³-hybridized carbons (Fsp3) is 0. The van der Waals surface area contributed by atoms with Crippen molar-refractivity contribution in [2.45, 2.75) is 0 Å². The van der Waals surface area contributed by atoms with Crippen LogP contribution in [0.1, 0.15) is 15.2 Å². The molecular weight excluding hydrogens is 503 g/mol. The maximum Gasteiger partial charge on any atom is 0.281 e. The van der Waals surface area contributed by atoms with Crippen molar-refractivity contribution in [1.82, 2.24) is 5.43 Å². The number of thiophene rings is 1. The van der Waals surface area contributed by atoms with E-state index < -0.39 is 15.8 Å². The molecule has 0 aliphatic rings. The first kappa shape index (κ1) is 19.6. The van der Waals surface area contributed by atoms with Crippen LogP contribution >= 0.6 is 33.9 Å². The molecule has 3 aromatic rings. The number of nitro groups is 2. The molecule has 10 nitrogen and oxygen atoms in total. The molecule has 0 aliphatic carbocycles. The van der Waals surface area contributed by atoms with Crippen LogP contribution in [0.5, 0.6) is 5.75 Å². The molecule has 12 heteroatoms. The molecular formula is C16H9IN4O6S. The molecule has 0 saturated carbocycles. The molecule has 1 heterocycles. The van der Waals surface area contributed by atoms with Gasteiger partial charge in [-0.05, 0) is 34.7 Å². The lowest BCUT2D eigenvalue weighted by Crippen LogP contribution is -2.16. The van der Waals surface area contributed by atoms with Gasteiger partial charge in [-0.1, -0.05) is 0 Å². The number of nitrogens with zero attached hydrogens (tertiary/aromatic N) is 3. The summed E-state index contributed by atoms with van der Waals surface area (Å²) < 4.78 is 0.969. The molecule has 0 fully saturated rings. The van der Waals surface area contributed by atoms with Crippen molar-refractivity contribution in [3.63, 3.8) is 0 Å². The normalized spacial score (nSPS) is 11.0. The average Bonchev–Trinajstić information content (AvgIpc) is 3.08. The molecule has 0 bridgehead atoms. The summed E-state index contributed by atoms with van der Waals surface area (Å²) in [5, 5.41) is 36.0. The number of nitro benzene ring substituents is 2. The van der Waals surface area contributed by atoms with Crippen molar-refractivity contribution in [2.75, 3.05) is 0 Å². The molecule has 1 aromatic heterocycles. The smallest absolute Gasteiger partial charge is 0.281 e. The average molecular weight is 512 g/mol. The van der Waals surface area contributed by atoms with Gasteiger partial charge in [0.2, 0.25) is 0 Å². The third kappa shape index (κ3) is 4.07. The van der Waals surface area contributed by atoms with E-state index in [1.807, 2.05) is 0 Å². The van der Waals surface area contributed by atoms with Crippen molar-refractivity contribution in [3.05, 3.63) is 70.6 Å². The highest BCUT2D eigenvalue weighted by Crippen LogP contribution is 2.30. The molecule has 0 saturated heterocycles. The molecule has 142 valence electrons. The lowest BCUT2D eigenvalue weighted by Gasteiger charge is -2.02. The number of halogens is 1. The van der Waals surface area contributed by atoms with E-state index in [9.17, 15) is 30.1 Å². The second-order valence-corrected chi connectivity index (χ2v) is 7.66. The number of carbonyl (C=O) groups excluding carboxylic acids is 1. The van der Waals surface area contributed by atoms with Crippen LogP contribution in [0.25, 0.3) is 10.1 Å². The van der Waals surface area contributed by atoms with Crippen LogP contribution in [0.3, 0.4) is 0 Å². The van der Waals surface area contributed by atoms with Gasteiger partial charge in [0.05, 0.1) is 24.5 Å². The fourth-order valence-corrected chi connectivity index (χ4v) is 3.84. The van der Waals surface area contributed by atoms with E-state index in [2.05, 4.69) is 10.5 Å². The number of rotatable bonds is 5. The Morgan fingerprint density at radius 3 is 2.54 bits per heavy atom. The van der Waals surface area contributed by atoms with Gasteiger partial charge in [0.25, 0.3) is 17.3 Å². The number of hydrazone groups is 1. The number of benzene rings is 2. The number of amides is 1. The molecule has 0 aliphatic heterocycles. The summed E-state index contributed by atoms with van der Waals surface area (Å²) in [6.45, 7) is 0. The van der Waals surface area contributed by atoms with Gasteiger partial charge in [0, 0.05) is 39.9 Å². The van der Waals surface area contributed by atoms with Gasteiger partial charge < -0.3 is 5.11 Å². The molecule has 0 spiro atoms. The molecule has 2 aromatic carbocycles. The molecule has 28 heavy (non-hydrogen) atoms. The minimum atomic E-state index is -0.603. The van der Waals surface area contributed by atoms with Gasteiger partial charge in [-0.25, -0.2) is 5.43 Å². The minimum absolute atomic E-state index is 0.0749. The van der Waals surface area contributed by atoms with Gasteiger partial charge in [0.1, 0.15) is 5.75 Å². The van der Waals surface area contributed by atoms with Gasteiger partial charge in [-0.3, -0.25) is 25.0 Å². The molecule has 2 N–H and O–H groups in total. The third-order valence-electron chi connectivity index (χ3n) is 3.59. The van der Waals surface area contributed by atoms with Crippen LogP contribution in [0, 0.1) is 23.8 Å². The Kier molecular flexibility index (Phi) is 5.51. The summed E-state index contributed by atoms with van der Waals surface area (Å²) in [5.74, 6) is -0.752. The van der Waals surface area contributed by atoms with Crippen molar-refractivity contribution >= 4 is 67.5 Å². The van der Waals surface area contributed by atoms with Crippen molar-refractivity contribution in [3.8, 4) is 5.75 Å². The fourth-order valence-electron chi connectivity index (χ4n) is 2.28. The Morgan fingerprint density at radius 1 is 1.14 bits per heavy atom. The number of non-ortho nitro benzene ring substituents is 2. The SMILES string of the molecule is O=C(N/N=C\c1cc([N+](=O)[O-])cc(I)c1O)c1cc2cc([N+](=O)[O-])ccc2s1. The first-order chi connectivity index (χ1) is 13.3. The number of aromatic hydroxyl groups is 1. The van der Waals surface area contributed by atoms with Crippen LogP contribution < -0.4 is 5.43 Å². The van der Waals surface area contributed by atoms with Crippen molar-refractivity contribution in [2.24, 2.45) is 5.10 Å². The standard InChI is InChI=1S/C16H9IN4O6S/c17-12-6-11(21(26)27)4-9(15(12)22)7-18-19-16(23)14-5-8-3-10(20(24)25)1-2-13(8)28-14/h1-7,22H,(H,19,23)/b18-7-. The second-order valence-electron chi connectivity index (χ2n) is 5.41. The molecule has 1 amide bonds. The van der Waals surface area contributed by atoms with Gasteiger partial charge in [0.15, 0.2) is 0 Å². The van der Waals surface area contributed by atoms with Crippen LogP contribution in [0.15, 0.2) is 41.5 Å². The molecule has 0 radical (unpaired) electrons. The number of phenols is 1. The number of hydrogen-bond acceptors (Lipinski definition) is 8. The predicted molar refractivity (Wildman–Crippen MR) is 111 cm³/mol. The first-order valence-electron chi connectivity index (χ1n) is 7.44. The summed E-state index contributed by atoms with van der Waals surface area (Å²) in [7, 11) is 0. The van der Waals surface area contributed by atoms with Crippen molar-refractivity contribution in [1.29, 1.82) is 0 Å². The van der Waals surface area contributed by atoms with Gasteiger partial charge >= 0.3 is 0 Å². The summed E-state index contributed by atoms with van der Waals surface area (Å²) in [5.41, 5.74) is 2.04. The van der Waals surface area contributed by atoms with E-state index in [1.165, 1.54) is 24.3 Å². The summed E-state index contributed by atoms with van der Waals surface area (Å²) in [6, 6.07) is 8.13. The Hall–Kier alpha value is -3.13. The summed E-state index contributed by atoms with van der Waals surface area (Å²) >= 11 is 2.88. The maximum atomic E-state index is 12.2. The Balaban J connectivity index is 1.79. The zero-order chi connectivity index (χ0) is 20.4. The number of phenolic OH excluding ortho intramolecular Hbond substituents is 1. The van der Waals surface area contributed by atoms with E-state index in [0.29, 0.717) is 10.1 Å². The maximum absolute atomic E-state index is 12.2. The van der Waals surface area contributed by atoms with Crippen LogP contribution in [-0.2, 0) is 0 Å². The molecule has 0 atom stereocenters. The topological polar surface area (TPSA) is 148 Å². The highest BCUT2D eigenvalue weighted by molar-refractivity contribution is 14.1. The monoisotopic (exact) mass is 512 g/mol. The predicted octanol–water partition coefficient (Wildman–Crippen LogP) is 3.79. The lowest BCUT2D eigenvalue weighted by molar-refractivity contribution is -0.385. The number of carbonyl (C=O) groups is 1. The minimum Gasteiger partial charge on any atom is -0.506 e. The quantitative estimate of drug-likeness (QED) is 0.230. The zero-order valence-corrected chi connectivity index (χ0v) is 16.6. The van der Waals surface area contributed by atoms with Gasteiger partial charge in [-0.15, -0.1) is 11.3 Å². The Labute approximate surface area is 173 Å². The van der Waals surface area contributed by atoms with Gasteiger partial charge in [-0.2, -0.15) is 5.10 Å². The van der Waals surface area contributed by atoms with E-state index in [-0.39, 0.29) is 31.1 Å². The van der Waals surface area contributed by atoms with E-state index >= 15 is 0 Å². The van der Waals surface area contributed by atoms with Crippen LogP contribution in [0.4, 0.5) is 11.4 Å². The van der Waals surface area contributed by atoms with E-state index in [0.717, 1.165) is 23.6 Å². The Morgan fingerprint density at radius 2 is 1.86 bits per heavy atom. The zero-order valence-electron chi connectivity index (χ0n) is 13.7. The van der Waals surface area contributed by atoms with E-state index in [1.54, 1.807) is 28.7 Å². The molecule has 3 rings (SSSR count). The summed E-state index contributed by atoms with van der Waals surface area (Å²) in [6.07, 6.45) is 1.10. The lowest BCUT2D eigenvalue weighted by atomic mass is 10.2. The largest absolute Gasteiger partial charge is 0.506 e. The third-order valence-corrected chi connectivity index (χ3v) is 5.53. The highest BCUT2D eigenvalue weighted by atomic mass is 127. The number of fused-ring (bicyclic) bond motifs is 1. The first-order valence-corrected chi connectivity index (χ1v) is 9.34. The highest BCUT2D eigenvalue weighted by Gasteiger charge is 2.15.